The van der Waals surface area contributed by atoms with E-state index in [1.165, 1.54) is 10.7 Å². The third-order valence-corrected chi connectivity index (χ3v) is 3.75. The van der Waals surface area contributed by atoms with Crippen LogP contribution < -0.4 is 5.56 Å². The van der Waals surface area contributed by atoms with Gasteiger partial charge in [-0.3, -0.25) is 9.20 Å². The molecule has 0 aliphatic heterocycles. The zero-order valence-corrected chi connectivity index (χ0v) is 12.5. The minimum atomic E-state index is -0.359. The quantitative estimate of drug-likeness (QED) is 0.550. The first-order chi connectivity index (χ1) is 11.7. The molecule has 1 aromatic carbocycles. The van der Waals surface area contributed by atoms with Gasteiger partial charge in [-0.15, -0.1) is 10.2 Å². The number of para-hydroxylation sites is 2. The second-order valence-corrected chi connectivity index (χ2v) is 5.10. The zero-order chi connectivity index (χ0) is 16.7. The van der Waals surface area contributed by atoms with Gasteiger partial charge in [-0.2, -0.15) is 15.3 Å². The van der Waals surface area contributed by atoms with E-state index in [2.05, 4.69) is 36.5 Å². The topological polar surface area (TPSA) is 127 Å². The van der Waals surface area contributed by atoms with Crippen molar-refractivity contribution in [1.82, 2.24) is 24.6 Å². The Bertz CT molecular complexity index is 1190. The van der Waals surface area contributed by atoms with Crippen LogP contribution in [0.3, 0.4) is 0 Å². The average molecular weight is 318 g/mol. The van der Waals surface area contributed by atoms with Crippen LogP contribution in [0.25, 0.3) is 16.7 Å². The van der Waals surface area contributed by atoms with E-state index in [9.17, 15) is 10.1 Å². The van der Waals surface area contributed by atoms with Crippen molar-refractivity contribution in [2.45, 2.75) is 6.92 Å². The molecule has 2 N–H and O–H groups in total. The van der Waals surface area contributed by atoms with Crippen molar-refractivity contribution in [3.8, 4) is 6.07 Å². The van der Waals surface area contributed by atoms with Crippen LogP contribution in [-0.2, 0) is 0 Å². The Morgan fingerprint density at radius 3 is 2.88 bits per heavy atom. The Labute approximate surface area is 134 Å². The van der Waals surface area contributed by atoms with Gasteiger partial charge in [-0.1, -0.05) is 12.1 Å². The summed E-state index contributed by atoms with van der Waals surface area (Å²) in [5, 5.41) is 23.6. The minimum absolute atomic E-state index is 0.0882. The summed E-state index contributed by atoms with van der Waals surface area (Å²) in [4.78, 5) is 19.8. The first-order valence-electron chi connectivity index (χ1n) is 7.04. The summed E-state index contributed by atoms with van der Waals surface area (Å²) in [6, 6.07) is 9.45. The van der Waals surface area contributed by atoms with Crippen LogP contribution in [0.15, 0.2) is 45.6 Å². The van der Waals surface area contributed by atoms with Gasteiger partial charge in [0.15, 0.2) is 5.69 Å². The van der Waals surface area contributed by atoms with Crippen LogP contribution in [0.4, 0.5) is 11.6 Å². The molecule has 3 heterocycles. The van der Waals surface area contributed by atoms with Gasteiger partial charge < -0.3 is 4.98 Å². The molecule has 4 rings (SSSR count). The highest BCUT2D eigenvalue weighted by atomic mass is 16.1. The zero-order valence-electron chi connectivity index (χ0n) is 12.5. The van der Waals surface area contributed by atoms with Crippen LogP contribution in [0.2, 0.25) is 0 Å². The lowest BCUT2D eigenvalue weighted by Crippen LogP contribution is -2.14. The van der Waals surface area contributed by atoms with Gasteiger partial charge >= 0.3 is 0 Å². The number of benzene rings is 1. The Morgan fingerprint density at radius 1 is 1.29 bits per heavy atom. The van der Waals surface area contributed by atoms with Crippen molar-refractivity contribution in [3.63, 3.8) is 0 Å². The van der Waals surface area contributed by atoms with Crippen molar-refractivity contribution in [2.24, 2.45) is 10.2 Å². The van der Waals surface area contributed by atoms with Crippen LogP contribution in [0, 0.1) is 18.3 Å². The summed E-state index contributed by atoms with van der Waals surface area (Å²) in [5.41, 5.74) is 2.40. The Hall–Kier alpha value is -3.80. The summed E-state index contributed by atoms with van der Waals surface area (Å²) in [6.45, 7) is 1.67. The first-order valence-corrected chi connectivity index (χ1v) is 7.04. The summed E-state index contributed by atoms with van der Waals surface area (Å²) >= 11 is 0. The molecular weight excluding hydrogens is 308 g/mol. The maximum Gasteiger partial charge on any atom is 0.284 e. The number of hydrogen-bond donors (Lipinski definition) is 2. The maximum absolute atomic E-state index is 12.9. The van der Waals surface area contributed by atoms with Crippen molar-refractivity contribution < 1.29 is 0 Å². The van der Waals surface area contributed by atoms with Crippen LogP contribution >= 0.6 is 0 Å². The molecular formula is C15H10N8O. The molecule has 0 aliphatic carbocycles. The van der Waals surface area contributed by atoms with Gasteiger partial charge in [0.1, 0.15) is 18.0 Å². The number of aromatic nitrogens is 5. The lowest BCUT2D eigenvalue weighted by Gasteiger charge is -2.04. The predicted molar refractivity (Wildman–Crippen MR) is 85.5 cm³/mol. The molecule has 116 valence electrons. The van der Waals surface area contributed by atoms with Gasteiger partial charge in [0.05, 0.1) is 16.6 Å². The average Bonchev–Trinajstić information content (AvgIpc) is 3.22. The highest BCUT2D eigenvalue weighted by Crippen LogP contribution is 2.25. The monoisotopic (exact) mass is 318 g/mol. The molecule has 0 amide bonds. The molecule has 0 spiro atoms. The summed E-state index contributed by atoms with van der Waals surface area (Å²) < 4.78 is 1.44. The number of pyridine rings is 1. The molecule has 3 aromatic heterocycles. The van der Waals surface area contributed by atoms with Crippen LogP contribution in [0.5, 0.6) is 0 Å². The number of nitrogens with one attached hydrogen (secondary N) is 2. The lowest BCUT2D eigenvalue weighted by molar-refractivity contribution is 1.03. The number of hydrogen-bond acceptors (Lipinski definition) is 6. The highest BCUT2D eigenvalue weighted by molar-refractivity contribution is 5.83. The van der Waals surface area contributed by atoms with Gasteiger partial charge in [0, 0.05) is 5.56 Å². The Morgan fingerprint density at radius 2 is 2.12 bits per heavy atom. The molecule has 4 aromatic rings. The number of aromatic amines is 2. The number of rotatable bonds is 2. The molecule has 9 nitrogen and oxygen atoms in total. The SMILES string of the molecule is Cc1c(N=Nc2ncn[nH]2)c(=O)n2c([nH]c3ccccc32)c1C#N. The van der Waals surface area contributed by atoms with E-state index in [4.69, 9.17) is 0 Å². The summed E-state index contributed by atoms with van der Waals surface area (Å²) in [5.74, 6) is 0.177. The van der Waals surface area contributed by atoms with Crippen LogP contribution in [-0.4, -0.2) is 24.6 Å². The number of nitriles is 1. The number of nitrogens with zero attached hydrogens (tertiary/aromatic N) is 6. The molecule has 0 radical (unpaired) electrons. The first kappa shape index (κ1) is 13.8. The third-order valence-electron chi connectivity index (χ3n) is 3.75. The lowest BCUT2D eigenvalue weighted by atomic mass is 10.1. The molecule has 0 saturated carbocycles. The number of azo groups is 1. The molecule has 0 bridgehead atoms. The standard InChI is InChI=1S/C15H10N8O/c1-8-9(6-16)13-19-10-4-2-3-5-11(10)23(13)14(24)12(8)20-22-15-17-7-18-21-15/h2-5,7,19H,1H3,(H,17,18,21). The van der Waals surface area contributed by atoms with Crippen molar-refractivity contribution >= 4 is 28.3 Å². The van der Waals surface area contributed by atoms with Gasteiger partial charge in [-0.25, -0.2) is 5.10 Å². The fraction of sp³-hybridized carbons (Fsp3) is 0.0667. The molecule has 0 unspecified atom stereocenters. The summed E-state index contributed by atoms with van der Waals surface area (Å²) in [7, 11) is 0. The summed E-state index contributed by atoms with van der Waals surface area (Å²) in [6.07, 6.45) is 1.29. The third kappa shape index (κ3) is 1.90. The van der Waals surface area contributed by atoms with E-state index in [0.717, 1.165) is 5.52 Å². The second kappa shape index (κ2) is 5.13. The molecule has 0 saturated heterocycles. The highest BCUT2D eigenvalue weighted by Gasteiger charge is 2.18. The fourth-order valence-corrected chi connectivity index (χ4v) is 2.62. The Balaban J connectivity index is 2.09. The van der Waals surface area contributed by atoms with E-state index in [1.807, 2.05) is 18.2 Å². The van der Waals surface area contributed by atoms with Crippen LogP contribution in [0.1, 0.15) is 11.1 Å². The predicted octanol–water partition coefficient (Wildman–Crippen LogP) is 2.49. The number of H-pyrrole nitrogens is 2. The smallest absolute Gasteiger partial charge is 0.284 e. The second-order valence-electron chi connectivity index (χ2n) is 5.10. The van der Waals surface area contributed by atoms with Gasteiger partial charge in [0.2, 0.25) is 0 Å². The maximum atomic E-state index is 12.9. The molecule has 0 fully saturated rings. The molecule has 0 aliphatic rings. The fourth-order valence-electron chi connectivity index (χ4n) is 2.62. The van der Waals surface area contributed by atoms with E-state index in [1.54, 1.807) is 13.0 Å². The van der Waals surface area contributed by atoms with Crippen molar-refractivity contribution in [1.29, 1.82) is 5.26 Å². The van der Waals surface area contributed by atoms with E-state index >= 15 is 0 Å². The molecule has 0 atom stereocenters. The van der Waals surface area contributed by atoms with Gasteiger partial charge in [-0.05, 0) is 19.1 Å². The molecule has 24 heavy (non-hydrogen) atoms. The largest absolute Gasteiger partial charge is 0.338 e. The minimum Gasteiger partial charge on any atom is -0.338 e. The van der Waals surface area contributed by atoms with Crippen molar-refractivity contribution in [3.05, 3.63) is 52.1 Å². The molecule has 9 heteroatoms. The number of imidazole rings is 1. The number of fused-ring (bicyclic) bond motifs is 3. The van der Waals surface area contributed by atoms with E-state index < -0.39 is 0 Å². The van der Waals surface area contributed by atoms with Gasteiger partial charge in [0.25, 0.3) is 11.5 Å². The van der Waals surface area contributed by atoms with E-state index in [-0.39, 0.29) is 17.2 Å². The normalized spacial score (nSPS) is 11.5. The van der Waals surface area contributed by atoms with Crippen molar-refractivity contribution in [2.75, 3.05) is 0 Å². The van der Waals surface area contributed by atoms with E-state index in [0.29, 0.717) is 22.3 Å². The Kier molecular flexibility index (Phi) is 2.96.